The molecular formula is C12H25N3O5. The van der Waals surface area contributed by atoms with Gasteiger partial charge in [-0.15, -0.1) is 0 Å². The summed E-state index contributed by atoms with van der Waals surface area (Å²) in [4.78, 5) is 23.4. The zero-order valence-electron chi connectivity index (χ0n) is 11.6. The second-order valence-corrected chi connectivity index (χ2v) is 4.23. The van der Waals surface area contributed by atoms with Gasteiger partial charge in [-0.2, -0.15) is 0 Å². The van der Waals surface area contributed by atoms with Crippen LogP contribution in [0.15, 0.2) is 0 Å². The maximum atomic E-state index is 11.8. The van der Waals surface area contributed by atoms with E-state index < -0.39 is 6.04 Å². The minimum atomic E-state index is -0.727. The van der Waals surface area contributed by atoms with Gasteiger partial charge in [0.1, 0.15) is 0 Å². The van der Waals surface area contributed by atoms with E-state index in [1.165, 1.54) is 0 Å². The lowest BCUT2D eigenvalue weighted by Gasteiger charge is -2.17. The van der Waals surface area contributed by atoms with Crippen molar-refractivity contribution in [3.05, 3.63) is 0 Å². The number of carbonyl (C=O) groups excluding carboxylic acids is 2. The molecule has 0 saturated heterocycles. The molecule has 0 fully saturated rings. The van der Waals surface area contributed by atoms with Gasteiger partial charge in [0, 0.05) is 32.8 Å². The van der Waals surface area contributed by atoms with Gasteiger partial charge in [-0.1, -0.05) is 0 Å². The second-order valence-electron chi connectivity index (χ2n) is 4.23. The summed E-state index contributed by atoms with van der Waals surface area (Å²) in [5.74, 6) is -0.643. The molecule has 0 rings (SSSR count). The average Bonchev–Trinajstić information content (AvgIpc) is 2.43. The first-order valence-electron chi connectivity index (χ1n) is 6.76. The summed E-state index contributed by atoms with van der Waals surface area (Å²) < 4.78 is 0. The Hall–Kier alpha value is -1.22. The van der Waals surface area contributed by atoms with Gasteiger partial charge >= 0.3 is 0 Å². The van der Waals surface area contributed by atoms with Crippen molar-refractivity contribution in [2.75, 3.05) is 39.5 Å². The standard InChI is InChI=1S/C12H25N3O5/c16-6-1-3-14-11(19)9-10(13-5-8-18)12(20)15-4-2-7-17/h10,13,16-18H,1-9H2,(H,14,19)(H,15,20). The highest BCUT2D eigenvalue weighted by molar-refractivity contribution is 5.88. The fourth-order valence-corrected chi connectivity index (χ4v) is 1.47. The molecule has 20 heavy (non-hydrogen) atoms. The number of nitrogens with one attached hydrogen (secondary N) is 3. The molecule has 0 aliphatic heterocycles. The summed E-state index contributed by atoms with van der Waals surface area (Å²) >= 11 is 0. The quantitative estimate of drug-likeness (QED) is 0.217. The van der Waals surface area contributed by atoms with Gasteiger partial charge in [-0.05, 0) is 12.8 Å². The highest BCUT2D eigenvalue weighted by atomic mass is 16.3. The molecule has 0 radical (unpaired) electrons. The van der Waals surface area contributed by atoms with Crippen LogP contribution in [0, 0.1) is 0 Å². The molecule has 8 nitrogen and oxygen atoms in total. The number of amides is 2. The van der Waals surface area contributed by atoms with Gasteiger partial charge in [0.2, 0.25) is 11.8 Å². The number of hydrogen-bond acceptors (Lipinski definition) is 6. The molecule has 0 aliphatic rings. The third kappa shape index (κ3) is 9.68. The molecule has 1 atom stereocenters. The molecule has 0 saturated carbocycles. The molecular weight excluding hydrogens is 266 g/mol. The molecule has 0 aromatic heterocycles. The second kappa shape index (κ2) is 12.8. The van der Waals surface area contributed by atoms with Crippen LogP contribution in [0.2, 0.25) is 0 Å². The maximum absolute atomic E-state index is 11.8. The molecule has 6 N–H and O–H groups in total. The van der Waals surface area contributed by atoms with Crippen molar-refractivity contribution in [3.63, 3.8) is 0 Å². The first-order chi connectivity index (χ1) is 9.65. The Balaban J connectivity index is 4.17. The summed E-state index contributed by atoms with van der Waals surface area (Å²) in [6.45, 7) is 0.742. The molecule has 0 aromatic rings. The monoisotopic (exact) mass is 291 g/mol. The molecule has 0 aliphatic carbocycles. The maximum Gasteiger partial charge on any atom is 0.237 e. The Morgan fingerprint density at radius 3 is 2.00 bits per heavy atom. The van der Waals surface area contributed by atoms with Gasteiger partial charge in [-0.25, -0.2) is 0 Å². The molecule has 0 aromatic carbocycles. The molecule has 118 valence electrons. The van der Waals surface area contributed by atoms with Crippen LogP contribution < -0.4 is 16.0 Å². The normalized spacial score (nSPS) is 11.9. The van der Waals surface area contributed by atoms with Crippen LogP contribution in [-0.4, -0.2) is 72.6 Å². The zero-order chi connectivity index (χ0) is 15.2. The Labute approximate surface area is 118 Å². The minimum Gasteiger partial charge on any atom is -0.396 e. The third-order valence-corrected chi connectivity index (χ3v) is 2.50. The number of hydrogen-bond donors (Lipinski definition) is 6. The SMILES string of the molecule is O=C(CC(NCCO)C(=O)NCCCO)NCCCO. The van der Waals surface area contributed by atoms with E-state index in [0.29, 0.717) is 25.9 Å². The van der Waals surface area contributed by atoms with Crippen molar-refractivity contribution in [1.29, 1.82) is 0 Å². The smallest absolute Gasteiger partial charge is 0.237 e. The van der Waals surface area contributed by atoms with E-state index in [0.717, 1.165) is 0 Å². The molecule has 0 bridgehead atoms. The predicted molar refractivity (Wildman–Crippen MR) is 72.9 cm³/mol. The molecule has 1 unspecified atom stereocenters. The average molecular weight is 291 g/mol. The lowest BCUT2D eigenvalue weighted by atomic mass is 10.1. The number of aliphatic hydroxyl groups excluding tert-OH is 3. The van der Waals surface area contributed by atoms with Crippen molar-refractivity contribution < 1.29 is 24.9 Å². The Morgan fingerprint density at radius 1 is 0.850 bits per heavy atom. The van der Waals surface area contributed by atoms with Gasteiger partial charge in [-0.3, -0.25) is 9.59 Å². The van der Waals surface area contributed by atoms with Crippen LogP contribution in [0.1, 0.15) is 19.3 Å². The van der Waals surface area contributed by atoms with Crippen LogP contribution in [0.5, 0.6) is 0 Å². The Morgan fingerprint density at radius 2 is 1.45 bits per heavy atom. The van der Waals surface area contributed by atoms with Crippen LogP contribution >= 0.6 is 0 Å². The van der Waals surface area contributed by atoms with E-state index in [1.54, 1.807) is 0 Å². The minimum absolute atomic E-state index is 0.00584. The molecule has 2 amide bonds. The van der Waals surface area contributed by atoms with Crippen LogP contribution in [0.3, 0.4) is 0 Å². The lowest BCUT2D eigenvalue weighted by Crippen LogP contribution is -2.48. The first kappa shape index (κ1) is 18.8. The number of carbonyl (C=O) groups is 2. The summed E-state index contributed by atoms with van der Waals surface area (Å²) in [7, 11) is 0. The van der Waals surface area contributed by atoms with E-state index in [1.807, 2.05) is 0 Å². The van der Waals surface area contributed by atoms with E-state index in [9.17, 15) is 9.59 Å². The van der Waals surface area contributed by atoms with Crippen LogP contribution in [0.4, 0.5) is 0 Å². The summed E-state index contributed by atoms with van der Waals surface area (Å²) in [6, 6.07) is -0.727. The van der Waals surface area contributed by atoms with Gasteiger partial charge in [0.05, 0.1) is 19.1 Å². The highest BCUT2D eigenvalue weighted by Gasteiger charge is 2.20. The van der Waals surface area contributed by atoms with Crippen LogP contribution in [-0.2, 0) is 9.59 Å². The van der Waals surface area contributed by atoms with E-state index in [-0.39, 0.29) is 44.6 Å². The fourth-order valence-electron chi connectivity index (χ4n) is 1.47. The fraction of sp³-hybridized carbons (Fsp3) is 0.833. The summed E-state index contributed by atoms with van der Waals surface area (Å²) in [5, 5.41) is 34.0. The van der Waals surface area contributed by atoms with E-state index in [4.69, 9.17) is 15.3 Å². The van der Waals surface area contributed by atoms with Gasteiger partial charge < -0.3 is 31.3 Å². The van der Waals surface area contributed by atoms with Crippen molar-refractivity contribution in [2.45, 2.75) is 25.3 Å². The number of rotatable bonds is 12. The van der Waals surface area contributed by atoms with Crippen molar-refractivity contribution in [1.82, 2.24) is 16.0 Å². The largest absolute Gasteiger partial charge is 0.396 e. The molecule has 0 heterocycles. The topological polar surface area (TPSA) is 131 Å². The predicted octanol–water partition coefficient (Wildman–Crippen LogP) is -2.68. The van der Waals surface area contributed by atoms with E-state index in [2.05, 4.69) is 16.0 Å². The Kier molecular flexibility index (Phi) is 12.0. The van der Waals surface area contributed by atoms with Crippen molar-refractivity contribution in [2.24, 2.45) is 0 Å². The Bertz CT molecular complexity index is 276. The highest BCUT2D eigenvalue weighted by Crippen LogP contribution is 1.94. The lowest BCUT2D eigenvalue weighted by molar-refractivity contribution is -0.128. The molecule has 8 heteroatoms. The van der Waals surface area contributed by atoms with Crippen LogP contribution in [0.25, 0.3) is 0 Å². The number of aliphatic hydroxyl groups is 3. The van der Waals surface area contributed by atoms with E-state index >= 15 is 0 Å². The van der Waals surface area contributed by atoms with Crippen molar-refractivity contribution in [3.8, 4) is 0 Å². The molecule has 0 spiro atoms. The first-order valence-corrected chi connectivity index (χ1v) is 6.76. The summed E-state index contributed by atoms with van der Waals surface area (Å²) in [6.07, 6.45) is 0.862. The van der Waals surface area contributed by atoms with Gasteiger partial charge in [0.15, 0.2) is 0 Å². The zero-order valence-corrected chi connectivity index (χ0v) is 11.6. The third-order valence-electron chi connectivity index (χ3n) is 2.50. The van der Waals surface area contributed by atoms with Gasteiger partial charge in [0.25, 0.3) is 0 Å². The summed E-state index contributed by atoms with van der Waals surface area (Å²) in [5.41, 5.74) is 0. The van der Waals surface area contributed by atoms with Crippen molar-refractivity contribution >= 4 is 11.8 Å².